The largest absolute Gasteiger partial charge is 0.500 e. The van der Waals surface area contributed by atoms with Crippen LogP contribution in [0.5, 0.6) is 0 Å². The van der Waals surface area contributed by atoms with Crippen LogP contribution in [-0.4, -0.2) is 66.9 Å². The van der Waals surface area contributed by atoms with Gasteiger partial charge in [-0.25, -0.2) is 0 Å². The van der Waals surface area contributed by atoms with Crippen LogP contribution in [0.15, 0.2) is 12.7 Å². The molecule has 1 fully saturated rings. The molecule has 5 nitrogen and oxygen atoms in total. The number of nitrogens with zero attached hydrogens (tertiary/aromatic N) is 1. The molecule has 1 aliphatic rings. The van der Waals surface area contributed by atoms with Crippen molar-refractivity contribution in [2.45, 2.75) is 31.9 Å². The van der Waals surface area contributed by atoms with Gasteiger partial charge >= 0.3 is 8.80 Å². The van der Waals surface area contributed by atoms with E-state index in [2.05, 4.69) is 18.4 Å². The summed E-state index contributed by atoms with van der Waals surface area (Å²) in [6.45, 7) is 10.0. The van der Waals surface area contributed by atoms with Gasteiger partial charge in [-0.3, -0.25) is 4.90 Å². The average Bonchev–Trinajstić information content (AvgIpc) is 2.43. The monoisotopic (exact) mass is 303 g/mol. The molecule has 1 atom stereocenters. The lowest BCUT2D eigenvalue weighted by molar-refractivity contribution is -0.0263. The fraction of sp³-hybridized carbons (Fsp3) is 0.857. The average molecular weight is 303 g/mol. The van der Waals surface area contributed by atoms with Gasteiger partial charge < -0.3 is 18.0 Å². The molecule has 1 aliphatic heterocycles. The quantitative estimate of drug-likeness (QED) is 0.506. The minimum atomic E-state index is -2.52. The molecule has 0 bridgehead atoms. The molecule has 0 N–H and O–H groups in total. The molecule has 0 aromatic carbocycles. The van der Waals surface area contributed by atoms with Gasteiger partial charge in [0.05, 0.1) is 12.7 Å². The summed E-state index contributed by atoms with van der Waals surface area (Å²) in [7, 11) is 0.845. The Morgan fingerprint density at radius 3 is 2.75 bits per heavy atom. The second kappa shape index (κ2) is 9.65. The van der Waals surface area contributed by atoms with Crippen molar-refractivity contribution < 1.29 is 18.0 Å². The van der Waals surface area contributed by atoms with Gasteiger partial charge in [0.1, 0.15) is 0 Å². The van der Waals surface area contributed by atoms with Crippen LogP contribution in [0.2, 0.25) is 6.04 Å². The zero-order valence-corrected chi connectivity index (χ0v) is 14.1. The summed E-state index contributed by atoms with van der Waals surface area (Å²) in [5.74, 6) is 0. The van der Waals surface area contributed by atoms with Crippen molar-refractivity contribution in [1.29, 1.82) is 0 Å². The molecule has 0 aromatic heterocycles. The van der Waals surface area contributed by atoms with E-state index in [0.717, 1.165) is 45.1 Å². The predicted octanol–water partition coefficient (Wildman–Crippen LogP) is 1.92. The van der Waals surface area contributed by atoms with Gasteiger partial charge in [-0.15, -0.1) is 6.58 Å². The van der Waals surface area contributed by atoms with Crippen LogP contribution in [0.4, 0.5) is 0 Å². The Hall–Kier alpha value is -0.243. The highest BCUT2D eigenvalue weighted by molar-refractivity contribution is 6.60. The zero-order valence-electron chi connectivity index (χ0n) is 13.1. The molecule has 1 saturated heterocycles. The number of ether oxygens (including phenoxy) is 1. The summed E-state index contributed by atoms with van der Waals surface area (Å²) in [4.78, 5) is 2.33. The molecule has 6 heteroatoms. The van der Waals surface area contributed by atoms with Gasteiger partial charge in [0.15, 0.2) is 0 Å². The van der Waals surface area contributed by atoms with Crippen molar-refractivity contribution in [2.75, 3.05) is 47.1 Å². The van der Waals surface area contributed by atoms with Crippen molar-refractivity contribution in [2.24, 2.45) is 0 Å². The highest BCUT2D eigenvalue weighted by Gasteiger charge is 2.42. The Morgan fingerprint density at radius 1 is 1.40 bits per heavy atom. The number of rotatable bonds is 8. The first kappa shape index (κ1) is 17.8. The third kappa shape index (κ3) is 5.63. The lowest BCUT2D eigenvalue weighted by Gasteiger charge is -2.35. The van der Waals surface area contributed by atoms with Gasteiger partial charge in [-0.05, 0) is 19.4 Å². The van der Waals surface area contributed by atoms with Crippen LogP contribution in [-0.2, 0) is 18.0 Å². The molecular weight excluding hydrogens is 274 g/mol. The maximum atomic E-state index is 6.19. The standard InChI is InChI=1S/C14H29NO4Si/c1-5-8-15(9-6-2)12-14-13-18-10-7-11-20(16-3,17-4)19-14/h5,14H,1,6-13H2,2-4H3. The molecule has 1 rings (SSSR count). The molecule has 118 valence electrons. The van der Waals surface area contributed by atoms with Crippen molar-refractivity contribution in [3.05, 3.63) is 12.7 Å². The third-order valence-electron chi connectivity index (χ3n) is 3.43. The molecule has 0 aliphatic carbocycles. The maximum Gasteiger partial charge on any atom is 0.500 e. The number of hydrogen-bond acceptors (Lipinski definition) is 5. The van der Waals surface area contributed by atoms with Crippen molar-refractivity contribution in [3.8, 4) is 0 Å². The Morgan fingerprint density at radius 2 is 2.15 bits per heavy atom. The highest BCUT2D eigenvalue weighted by atomic mass is 28.4. The van der Waals surface area contributed by atoms with E-state index in [0.29, 0.717) is 6.61 Å². The van der Waals surface area contributed by atoms with Crippen LogP contribution in [0, 0.1) is 0 Å². The summed E-state index contributed by atoms with van der Waals surface area (Å²) < 4.78 is 23.0. The first-order chi connectivity index (χ1) is 9.69. The Labute approximate surface area is 124 Å². The minimum absolute atomic E-state index is 0.00614. The van der Waals surface area contributed by atoms with Crippen molar-refractivity contribution in [1.82, 2.24) is 4.90 Å². The first-order valence-electron chi connectivity index (χ1n) is 7.38. The lowest BCUT2D eigenvalue weighted by Crippen LogP contribution is -2.51. The van der Waals surface area contributed by atoms with Crippen LogP contribution >= 0.6 is 0 Å². The Balaban J connectivity index is 2.65. The fourth-order valence-corrected chi connectivity index (χ4v) is 4.58. The molecule has 0 radical (unpaired) electrons. The third-order valence-corrected chi connectivity index (χ3v) is 6.33. The van der Waals surface area contributed by atoms with Gasteiger partial charge in [-0.1, -0.05) is 13.0 Å². The van der Waals surface area contributed by atoms with Crippen LogP contribution in [0.1, 0.15) is 19.8 Å². The topological polar surface area (TPSA) is 40.2 Å². The highest BCUT2D eigenvalue weighted by Crippen LogP contribution is 2.21. The molecule has 0 spiro atoms. The Bertz CT molecular complexity index is 274. The van der Waals surface area contributed by atoms with E-state index in [4.69, 9.17) is 18.0 Å². The molecule has 1 heterocycles. The SMILES string of the molecule is C=CCN(CCC)CC1COCCC[Si](OC)(OC)O1. The van der Waals surface area contributed by atoms with Crippen LogP contribution in [0.3, 0.4) is 0 Å². The molecule has 0 aromatic rings. The summed E-state index contributed by atoms with van der Waals surface area (Å²) in [6.07, 6.45) is 3.95. The summed E-state index contributed by atoms with van der Waals surface area (Å²) in [5.41, 5.74) is 0. The van der Waals surface area contributed by atoms with E-state index in [9.17, 15) is 0 Å². The van der Waals surface area contributed by atoms with Crippen molar-refractivity contribution in [3.63, 3.8) is 0 Å². The number of hydrogen-bond donors (Lipinski definition) is 0. The van der Waals surface area contributed by atoms with Gasteiger partial charge in [0, 0.05) is 40.0 Å². The summed E-state index contributed by atoms with van der Waals surface area (Å²) >= 11 is 0. The molecule has 1 unspecified atom stereocenters. The fourth-order valence-electron chi connectivity index (χ4n) is 2.47. The summed E-state index contributed by atoms with van der Waals surface area (Å²) in [6, 6.07) is 0.811. The second-order valence-electron chi connectivity index (χ2n) is 5.06. The van der Waals surface area contributed by atoms with Gasteiger partial charge in [-0.2, -0.15) is 0 Å². The molecule has 20 heavy (non-hydrogen) atoms. The van der Waals surface area contributed by atoms with E-state index in [1.165, 1.54) is 0 Å². The van der Waals surface area contributed by atoms with Gasteiger partial charge in [0.2, 0.25) is 0 Å². The zero-order chi connectivity index (χ0) is 14.8. The van der Waals surface area contributed by atoms with E-state index in [1.807, 2.05) is 6.08 Å². The van der Waals surface area contributed by atoms with E-state index in [1.54, 1.807) is 14.2 Å². The van der Waals surface area contributed by atoms with Crippen LogP contribution in [0.25, 0.3) is 0 Å². The van der Waals surface area contributed by atoms with E-state index < -0.39 is 8.80 Å². The van der Waals surface area contributed by atoms with E-state index in [-0.39, 0.29) is 6.10 Å². The Kier molecular flexibility index (Phi) is 8.59. The van der Waals surface area contributed by atoms with Crippen LogP contribution < -0.4 is 0 Å². The maximum absolute atomic E-state index is 6.19. The second-order valence-corrected chi connectivity index (χ2v) is 7.98. The van der Waals surface area contributed by atoms with Gasteiger partial charge in [0.25, 0.3) is 0 Å². The summed E-state index contributed by atoms with van der Waals surface area (Å²) in [5, 5.41) is 0. The smallest absolute Gasteiger partial charge is 0.379 e. The molecular formula is C14H29NO4Si. The first-order valence-corrected chi connectivity index (χ1v) is 9.32. The van der Waals surface area contributed by atoms with E-state index >= 15 is 0 Å². The predicted molar refractivity (Wildman–Crippen MR) is 81.8 cm³/mol. The lowest BCUT2D eigenvalue weighted by atomic mass is 10.3. The molecule has 0 amide bonds. The minimum Gasteiger partial charge on any atom is -0.379 e. The van der Waals surface area contributed by atoms with Crippen molar-refractivity contribution >= 4 is 8.80 Å². The normalized spacial score (nSPS) is 23.3. The molecule has 0 saturated carbocycles.